The number of piperazine rings is 1. The van der Waals surface area contributed by atoms with Crippen molar-refractivity contribution in [1.82, 2.24) is 23.9 Å². The van der Waals surface area contributed by atoms with Gasteiger partial charge in [-0.15, -0.1) is 4.31 Å². The standard InChI is InChI=1S/C22H31Cl2F2N5O2S/c1-15-18(16(2)29(4)27-15)14-31(22(25)26)34(32,33)21-19(23)12-17(13-20(21)24)6-5-7-30-10-8-28(3)9-11-30/h12-13,22H,5-11,14H2,1-4H3. The fourth-order valence-electron chi connectivity index (χ4n) is 4.16. The zero-order valence-corrected chi connectivity index (χ0v) is 22.2. The second-order valence-corrected chi connectivity index (χ2v) is 11.4. The molecule has 0 bridgehead atoms. The van der Waals surface area contributed by atoms with Crippen molar-refractivity contribution in [1.29, 1.82) is 0 Å². The van der Waals surface area contributed by atoms with E-state index in [0.717, 1.165) is 44.7 Å². The molecule has 0 spiro atoms. The van der Waals surface area contributed by atoms with E-state index in [4.69, 9.17) is 23.2 Å². The molecule has 1 aromatic heterocycles. The van der Waals surface area contributed by atoms with Crippen molar-refractivity contribution in [2.24, 2.45) is 7.05 Å². The largest absolute Gasteiger partial charge is 0.307 e. The van der Waals surface area contributed by atoms with Gasteiger partial charge in [0.15, 0.2) is 0 Å². The highest BCUT2D eigenvalue weighted by Gasteiger charge is 2.36. The number of alkyl halides is 2. The SMILES string of the molecule is Cc1nn(C)c(C)c1CN(C(F)F)S(=O)(=O)c1c(Cl)cc(CCCN2CCN(C)CC2)cc1Cl. The minimum absolute atomic E-state index is 0.115. The number of likely N-dealkylation sites (N-methyl/N-ethyl adjacent to an activating group) is 1. The number of benzene rings is 1. The number of hydrogen-bond acceptors (Lipinski definition) is 5. The third kappa shape index (κ3) is 6.09. The molecule has 2 heterocycles. The van der Waals surface area contributed by atoms with E-state index in [2.05, 4.69) is 21.9 Å². The van der Waals surface area contributed by atoms with E-state index in [-0.39, 0.29) is 14.4 Å². The topological polar surface area (TPSA) is 61.7 Å². The van der Waals surface area contributed by atoms with Crippen LogP contribution in [0.25, 0.3) is 0 Å². The first kappa shape index (κ1) is 27.3. The molecule has 3 rings (SSSR count). The molecule has 0 unspecified atom stereocenters. The Balaban J connectivity index is 1.78. The molecule has 190 valence electrons. The Morgan fingerprint density at radius 3 is 2.18 bits per heavy atom. The molecule has 1 aliphatic heterocycles. The van der Waals surface area contributed by atoms with Gasteiger partial charge in [0.05, 0.1) is 15.7 Å². The summed E-state index contributed by atoms with van der Waals surface area (Å²) in [5.74, 6) is 0. The zero-order chi connectivity index (χ0) is 25.2. The average Bonchev–Trinajstić information content (AvgIpc) is 2.97. The Morgan fingerprint density at radius 1 is 1.09 bits per heavy atom. The first-order valence-corrected chi connectivity index (χ1v) is 13.3. The summed E-state index contributed by atoms with van der Waals surface area (Å²) in [7, 11) is -0.902. The van der Waals surface area contributed by atoms with Crippen LogP contribution in [0.15, 0.2) is 17.0 Å². The first-order chi connectivity index (χ1) is 15.9. The molecule has 0 aliphatic carbocycles. The van der Waals surface area contributed by atoms with Gasteiger partial charge in [-0.1, -0.05) is 23.2 Å². The van der Waals surface area contributed by atoms with Crippen LogP contribution in [0.1, 0.15) is 28.9 Å². The zero-order valence-electron chi connectivity index (χ0n) is 19.9. The van der Waals surface area contributed by atoms with Crippen LogP contribution in [0.2, 0.25) is 10.0 Å². The Labute approximate surface area is 210 Å². The number of halogens is 4. The molecule has 1 aromatic carbocycles. The summed E-state index contributed by atoms with van der Waals surface area (Å²) in [6.07, 6.45) is 1.50. The van der Waals surface area contributed by atoms with E-state index >= 15 is 0 Å². The lowest BCUT2D eigenvalue weighted by atomic mass is 10.1. The second kappa shape index (κ2) is 11.2. The second-order valence-electron chi connectivity index (χ2n) is 8.74. The molecule has 1 aliphatic rings. The lowest BCUT2D eigenvalue weighted by Gasteiger charge is -2.32. The average molecular weight is 538 g/mol. The van der Waals surface area contributed by atoms with Crippen LogP contribution >= 0.6 is 23.2 Å². The predicted molar refractivity (Wildman–Crippen MR) is 130 cm³/mol. The van der Waals surface area contributed by atoms with Crippen molar-refractivity contribution in [3.05, 3.63) is 44.7 Å². The Bertz CT molecular complexity index is 1100. The van der Waals surface area contributed by atoms with Crippen LogP contribution in [0.5, 0.6) is 0 Å². The number of sulfonamides is 1. The van der Waals surface area contributed by atoms with Crippen molar-refractivity contribution >= 4 is 33.2 Å². The molecule has 7 nitrogen and oxygen atoms in total. The van der Waals surface area contributed by atoms with Gasteiger partial charge in [0.2, 0.25) is 0 Å². The highest BCUT2D eigenvalue weighted by molar-refractivity contribution is 7.89. The van der Waals surface area contributed by atoms with E-state index in [9.17, 15) is 17.2 Å². The normalized spacial score (nSPS) is 16.2. The highest BCUT2D eigenvalue weighted by atomic mass is 35.5. The lowest BCUT2D eigenvalue weighted by Crippen LogP contribution is -2.44. The predicted octanol–water partition coefficient (Wildman–Crippen LogP) is 3.94. The molecular weight excluding hydrogens is 507 g/mol. The van der Waals surface area contributed by atoms with Gasteiger partial charge < -0.3 is 9.80 Å². The summed E-state index contributed by atoms with van der Waals surface area (Å²) in [6.45, 7) is 4.52. The fourth-order valence-corrected chi connectivity index (χ4v) is 6.63. The van der Waals surface area contributed by atoms with Crippen LogP contribution in [0.3, 0.4) is 0 Å². The van der Waals surface area contributed by atoms with Crippen molar-refractivity contribution < 1.29 is 17.2 Å². The number of nitrogens with zero attached hydrogens (tertiary/aromatic N) is 5. The van der Waals surface area contributed by atoms with Crippen LogP contribution in [0.4, 0.5) is 8.78 Å². The molecule has 0 radical (unpaired) electrons. The summed E-state index contributed by atoms with van der Waals surface area (Å²) < 4.78 is 56.1. The highest BCUT2D eigenvalue weighted by Crippen LogP contribution is 2.35. The van der Waals surface area contributed by atoms with E-state index in [0.29, 0.717) is 23.4 Å². The number of aryl methyl sites for hydroxylation is 3. The van der Waals surface area contributed by atoms with Gasteiger partial charge in [-0.25, -0.2) is 8.42 Å². The fraction of sp³-hybridized carbons (Fsp3) is 0.591. The monoisotopic (exact) mass is 537 g/mol. The molecular formula is C22H31Cl2F2N5O2S. The van der Waals surface area contributed by atoms with Crippen LogP contribution in [0, 0.1) is 13.8 Å². The van der Waals surface area contributed by atoms with Crippen molar-refractivity contribution in [3.63, 3.8) is 0 Å². The van der Waals surface area contributed by atoms with E-state index in [1.54, 1.807) is 20.9 Å². The third-order valence-corrected chi connectivity index (χ3v) is 9.03. The third-order valence-electron chi connectivity index (χ3n) is 6.35. The Kier molecular flexibility index (Phi) is 8.97. The van der Waals surface area contributed by atoms with Crippen LogP contribution in [-0.4, -0.2) is 78.6 Å². The molecule has 2 aromatic rings. The molecule has 0 saturated carbocycles. The van der Waals surface area contributed by atoms with Crippen molar-refractivity contribution in [2.45, 2.75) is 44.7 Å². The first-order valence-electron chi connectivity index (χ1n) is 11.1. The van der Waals surface area contributed by atoms with Crippen molar-refractivity contribution in [3.8, 4) is 0 Å². The van der Waals surface area contributed by atoms with Gasteiger partial charge in [0, 0.05) is 51.0 Å². The van der Waals surface area contributed by atoms with E-state index in [1.165, 1.54) is 16.8 Å². The minimum atomic E-state index is -4.67. The molecule has 0 atom stereocenters. The summed E-state index contributed by atoms with van der Waals surface area (Å²) in [6, 6.07) is 3.02. The van der Waals surface area contributed by atoms with Gasteiger partial charge in [0.25, 0.3) is 10.0 Å². The van der Waals surface area contributed by atoms with E-state index < -0.39 is 28.0 Å². The maximum atomic E-state index is 14.0. The summed E-state index contributed by atoms with van der Waals surface area (Å²) >= 11 is 12.6. The molecule has 12 heteroatoms. The molecule has 0 amide bonds. The summed E-state index contributed by atoms with van der Waals surface area (Å²) in [4.78, 5) is 4.16. The summed E-state index contributed by atoms with van der Waals surface area (Å²) in [5, 5.41) is 3.86. The number of rotatable bonds is 9. The Morgan fingerprint density at radius 2 is 1.68 bits per heavy atom. The number of hydrogen-bond donors (Lipinski definition) is 0. The Hall–Kier alpha value is -1.30. The summed E-state index contributed by atoms with van der Waals surface area (Å²) in [5.41, 5.74) is 2.27. The quantitative estimate of drug-likeness (QED) is 0.453. The van der Waals surface area contributed by atoms with Crippen molar-refractivity contribution in [2.75, 3.05) is 39.8 Å². The molecule has 34 heavy (non-hydrogen) atoms. The maximum absolute atomic E-state index is 14.0. The minimum Gasteiger partial charge on any atom is -0.304 e. The van der Waals surface area contributed by atoms with Gasteiger partial charge in [0.1, 0.15) is 4.90 Å². The molecule has 1 fully saturated rings. The maximum Gasteiger partial charge on any atom is 0.307 e. The van der Waals surface area contributed by atoms with Gasteiger partial charge in [-0.2, -0.15) is 13.9 Å². The molecule has 0 N–H and O–H groups in total. The van der Waals surface area contributed by atoms with E-state index in [1.807, 2.05) is 0 Å². The smallest absolute Gasteiger partial charge is 0.304 e. The lowest BCUT2D eigenvalue weighted by molar-refractivity contribution is 0.0267. The van der Waals surface area contributed by atoms with Gasteiger partial charge in [-0.05, 0) is 58.0 Å². The number of aromatic nitrogens is 2. The van der Waals surface area contributed by atoms with Crippen LogP contribution < -0.4 is 0 Å². The van der Waals surface area contributed by atoms with Crippen LogP contribution in [-0.2, 0) is 30.0 Å². The molecule has 1 saturated heterocycles. The van der Waals surface area contributed by atoms with Gasteiger partial charge >= 0.3 is 6.55 Å². The van der Waals surface area contributed by atoms with Gasteiger partial charge in [-0.3, -0.25) is 4.68 Å².